The van der Waals surface area contributed by atoms with Gasteiger partial charge < -0.3 is 15.3 Å². The Morgan fingerprint density at radius 2 is 1.50 bits per heavy atom. The van der Waals surface area contributed by atoms with Gasteiger partial charge in [0.05, 0.1) is 11.8 Å². The quantitative estimate of drug-likeness (QED) is 0.480. The first kappa shape index (κ1) is 15.2. The summed E-state index contributed by atoms with van der Waals surface area (Å²) in [6.07, 6.45) is 1.26. The van der Waals surface area contributed by atoms with E-state index < -0.39 is 31.0 Å². The fourth-order valence-corrected chi connectivity index (χ4v) is 1.31. The lowest BCUT2D eigenvalue weighted by molar-refractivity contribution is -0.141. The number of hydrogen-bond acceptors (Lipinski definition) is 5. The van der Waals surface area contributed by atoms with Gasteiger partial charge in [0.2, 0.25) is 0 Å². The minimum atomic E-state index is -1.20. The number of benzene rings is 1. The Labute approximate surface area is 113 Å². The van der Waals surface area contributed by atoms with E-state index in [9.17, 15) is 14.4 Å². The normalized spacial score (nSPS) is 10.4. The Hall–Kier alpha value is -2.90. The number of carbonyl (C=O) groups is 3. The molecule has 0 saturated heterocycles. The van der Waals surface area contributed by atoms with E-state index in [4.69, 9.17) is 15.3 Å². The molecule has 3 N–H and O–H groups in total. The van der Waals surface area contributed by atoms with Crippen molar-refractivity contribution in [2.75, 3.05) is 13.1 Å². The van der Waals surface area contributed by atoms with Crippen molar-refractivity contribution < 1.29 is 29.7 Å². The van der Waals surface area contributed by atoms with Gasteiger partial charge in [-0.05, 0) is 17.7 Å². The van der Waals surface area contributed by atoms with Crippen molar-refractivity contribution >= 4 is 24.1 Å². The van der Waals surface area contributed by atoms with Gasteiger partial charge in [0.15, 0.2) is 0 Å². The van der Waals surface area contributed by atoms with Gasteiger partial charge in [-0.25, -0.2) is 4.79 Å². The maximum atomic E-state index is 10.6. The maximum absolute atomic E-state index is 10.6. The number of hydrazone groups is 1. The van der Waals surface area contributed by atoms with E-state index in [0.29, 0.717) is 5.56 Å². The molecule has 1 aromatic carbocycles. The first-order valence-corrected chi connectivity index (χ1v) is 5.44. The number of rotatable bonds is 7. The Balaban J connectivity index is 2.78. The molecule has 106 valence electrons. The van der Waals surface area contributed by atoms with Crippen LogP contribution < -0.4 is 0 Å². The Morgan fingerprint density at radius 1 is 1.00 bits per heavy atom. The zero-order valence-corrected chi connectivity index (χ0v) is 10.3. The molecule has 0 aromatic heterocycles. The Morgan fingerprint density at radius 3 is 1.90 bits per heavy atom. The summed E-state index contributed by atoms with van der Waals surface area (Å²) < 4.78 is 0. The third kappa shape index (κ3) is 5.17. The molecule has 0 heterocycles. The Kier molecular flexibility index (Phi) is 5.21. The van der Waals surface area contributed by atoms with Crippen molar-refractivity contribution in [3.63, 3.8) is 0 Å². The molecule has 20 heavy (non-hydrogen) atoms. The molecule has 0 atom stereocenters. The maximum Gasteiger partial charge on any atom is 0.335 e. The molecule has 1 rings (SSSR count). The first-order chi connectivity index (χ1) is 9.38. The smallest absolute Gasteiger partial charge is 0.335 e. The van der Waals surface area contributed by atoms with E-state index in [0.717, 1.165) is 5.01 Å². The summed E-state index contributed by atoms with van der Waals surface area (Å²) in [5.74, 6) is -3.47. The van der Waals surface area contributed by atoms with Gasteiger partial charge in [0.25, 0.3) is 0 Å². The lowest BCUT2D eigenvalue weighted by atomic mass is 10.1. The summed E-state index contributed by atoms with van der Waals surface area (Å²) in [5.41, 5.74) is 0.630. The van der Waals surface area contributed by atoms with E-state index in [1.54, 1.807) is 0 Å². The van der Waals surface area contributed by atoms with Crippen molar-refractivity contribution in [2.45, 2.75) is 0 Å². The molecular formula is C12H12N2O6. The van der Waals surface area contributed by atoms with Crippen LogP contribution in [0, 0.1) is 0 Å². The number of hydrogen-bond donors (Lipinski definition) is 3. The van der Waals surface area contributed by atoms with Crippen LogP contribution in [0.25, 0.3) is 0 Å². The molecular weight excluding hydrogens is 268 g/mol. The number of carboxylic acids is 3. The molecule has 0 amide bonds. The highest BCUT2D eigenvalue weighted by molar-refractivity contribution is 5.89. The number of nitrogens with zero attached hydrogens (tertiary/aromatic N) is 2. The van der Waals surface area contributed by atoms with Gasteiger partial charge in [-0.3, -0.25) is 14.6 Å². The van der Waals surface area contributed by atoms with E-state index in [-0.39, 0.29) is 5.56 Å². The van der Waals surface area contributed by atoms with Crippen molar-refractivity contribution in [3.8, 4) is 0 Å². The van der Waals surface area contributed by atoms with Gasteiger partial charge in [-0.1, -0.05) is 12.1 Å². The fourth-order valence-electron chi connectivity index (χ4n) is 1.31. The molecule has 8 heteroatoms. The first-order valence-electron chi connectivity index (χ1n) is 5.44. The minimum absolute atomic E-state index is 0.107. The van der Waals surface area contributed by atoms with Crippen molar-refractivity contribution in [3.05, 3.63) is 35.4 Å². The summed E-state index contributed by atoms with van der Waals surface area (Å²) in [6, 6.07) is 5.68. The molecule has 8 nitrogen and oxygen atoms in total. The molecule has 0 unspecified atom stereocenters. The lowest BCUT2D eigenvalue weighted by Crippen LogP contribution is -2.30. The molecule has 0 aliphatic rings. The zero-order valence-electron chi connectivity index (χ0n) is 10.3. The number of aromatic carboxylic acids is 1. The summed E-state index contributed by atoms with van der Waals surface area (Å²) in [5, 5.41) is 30.6. The van der Waals surface area contributed by atoms with Crippen LogP contribution in [0.4, 0.5) is 0 Å². The third-order valence-electron chi connectivity index (χ3n) is 2.16. The van der Waals surface area contributed by atoms with E-state index in [1.807, 2.05) is 0 Å². The van der Waals surface area contributed by atoms with Crippen LogP contribution in [0.1, 0.15) is 15.9 Å². The van der Waals surface area contributed by atoms with E-state index in [1.165, 1.54) is 30.5 Å². The molecule has 1 aromatic rings. The second-order valence-corrected chi connectivity index (χ2v) is 3.78. The van der Waals surface area contributed by atoms with Gasteiger partial charge >= 0.3 is 17.9 Å². The average molecular weight is 280 g/mol. The SMILES string of the molecule is O=C(O)CN(CC(=O)O)/N=C\c1ccc(C(=O)O)cc1. The highest BCUT2D eigenvalue weighted by Gasteiger charge is 2.10. The zero-order chi connectivity index (χ0) is 15.1. The predicted molar refractivity (Wildman–Crippen MR) is 67.8 cm³/mol. The topological polar surface area (TPSA) is 128 Å². The van der Waals surface area contributed by atoms with Crippen LogP contribution in [-0.4, -0.2) is 57.5 Å². The van der Waals surface area contributed by atoms with Crippen LogP contribution >= 0.6 is 0 Å². The second kappa shape index (κ2) is 6.88. The van der Waals surface area contributed by atoms with Crippen molar-refractivity contribution in [1.29, 1.82) is 0 Å². The van der Waals surface area contributed by atoms with Gasteiger partial charge in [0.1, 0.15) is 13.1 Å². The van der Waals surface area contributed by atoms with Gasteiger partial charge in [0, 0.05) is 0 Å². The lowest BCUT2D eigenvalue weighted by Gasteiger charge is -2.13. The highest BCUT2D eigenvalue weighted by Crippen LogP contribution is 2.03. The number of aliphatic carboxylic acids is 2. The van der Waals surface area contributed by atoms with E-state index in [2.05, 4.69) is 5.10 Å². The molecule has 0 spiro atoms. The van der Waals surface area contributed by atoms with Crippen LogP contribution in [0.2, 0.25) is 0 Å². The summed E-state index contributed by atoms with van der Waals surface area (Å²) in [4.78, 5) is 31.7. The summed E-state index contributed by atoms with van der Waals surface area (Å²) in [6.45, 7) is -1.09. The van der Waals surface area contributed by atoms with Crippen LogP contribution in [-0.2, 0) is 9.59 Å². The molecule has 0 bridgehead atoms. The summed E-state index contributed by atoms with van der Waals surface area (Å²) >= 11 is 0. The third-order valence-corrected chi connectivity index (χ3v) is 2.16. The van der Waals surface area contributed by atoms with Crippen molar-refractivity contribution in [2.24, 2.45) is 5.10 Å². The fraction of sp³-hybridized carbons (Fsp3) is 0.167. The highest BCUT2D eigenvalue weighted by atomic mass is 16.4. The van der Waals surface area contributed by atoms with E-state index >= 15 is 0 Å². The molecule has 0 saturated carbocycles. The van der Waals surface area contributed by atoms with Crippen molar-refractivity contribution in [1.82, 2.24) is 5.01 Å². The molecule has 0 aliphatic carbocycles. The van der Waals surface area contributed by atoms with Crippen LogP contribution in [0.3, 0.4) is 0 Å². The van der Waals surface area contributed by atoms with Gasteiger partial charge in [-0.15, -0.1) is 0 Å². The van der Waals surface area contributed by atoms with Crippen LogP contribution in [0.5, 0.6) is 0 Å². The molecule has 0 aliphatic heterocycles. The second-order valence-electron chi connectivity index (χ2n) is 3.78. The Bertz CT molecular complexity index is 521. The predicted octanol–water partition coefficient (Wildman–Crippen LogP) is 0.190. The average Bonchev–Trinajstić information content (AvgIpc) is 2.35. The standard InChI is InChI=1S/C12H12N2O6/c15-10(16)6-14(7-11(17)18)13-5-8-1-3-9(4-2-8)12(19)20/h1-5H,6-7H2,(H,15,16)(H,17,18)(H,19,20)/b13-5-. The molecule has 0 radical (unpaired) electrons. The monoisotopic (exact) mass is 280 g/mol. The number of carboxylic acid groups (broad SMARTS) is 3. The summed E-state index contributed by atoms with van der Waals surface area (Å²) in [7, 11) is 0. The van der Waals surface area contributed by atoms with Gasteiger partial charge in [-0.2, -0.15) is 5.10 Å². The van der Waals surface area contributed by atoms with Crippen LogP contribution in [0.15, 0.2) is 29.4 Å². The minimum Gasteiger partial charge on any atom is -0.480 e. The molecule has 0 fully saturated rings. The largest absolute Gasteiger partial charge is 0.480 e.